The predicted molar refractivity (Wildman–Crippen MR) is 76.1 cm³/mol. The normalized spacial score (nSPS) is 10.5. The first-order valence-corrected chi connectivity index (χ1v) is 5.98. The van der Waals surface area contributed by atoms with Gasteiger partial charge in [-0.25, -0.2) is 4.79 Å². The second kappa shape index (κ2) is 6.40. The lowest BCUT2D eigenvalue weighted by molar-refractivity contribution is -0.138. The van der Waals surface area contributed by atoms with Gasteiger partial charge in [-0.15, -0.1) is 0 Å². The minimum Gasteiger partial charge on any atom is -0.458 e. The molecule has 2 rings (SSSR count). The topological polar surface area (TPSA) is 52.3 Å². The SMILES string of the molecule is Nc1cccc(/C=C/C(=O)OCc2ccccc2)c1. The molecule has 0 radical (unpaired) electrons. The number of carbonyl (C=O) groups is 1. The minimum absolute atomic E-state index is 0.279. The molecule has 0 spiro atoms. The maximum atomic E-state index is 11.5. The molecule has 2 aromatic rings. The van der Waals surface area contributed by atoms with E-state index in [1.54, 1.807) is 18.2 Å². The summed E-state index contributed by atoms with van der Waals surface area (Å²) in [6.07, 6.45) is 3.08. The van der Waals surface area contributed by atoms with Crippen LogP contribution in [0, 0.1) is 0 Å². The second-order valence-electron chi connectivity index (χ2n) is 4.10. The summed E-state index contributed by atoms with van der Waals surface area (Å²) in [5, 5.41) is 0. The van der Waals surface area contributed by atoms with E-state index in [-0.39, 0.29) is 12.6 Å². The number of nitrogens with two attached hydrogens (primary N) is 1. The highest BCUT2D eigenvalue weighted by atomic mass is 16.5. The summed E-state index contributed by atoms with van der Waals surface area (Å²) in [5.74, 6) is -0.369. The van der Waals surface area contributed by atoms with Gasteiger partial charge in [-0.1, -0.05) is 42.5 Å². The first-order chi connectivity index (χ1) is 9.24. The molecule has 96 valence electrons. The van der Waals surface area contributed by atoms with E-state index in [1.165, 1.54) is 6.08 Å². The Bertz CT molecular complexity index is 576. The third kappa shape index (κ3) is 4.32. The molecule has 0 aliphatic carbocycles. The van der Waals surface area contributed by atoms with Crippen molar-refractivity contribution in [2.45, 2.75) is 6.61 Å². The standard InChI is InChI=1S/C16H15NO2/c17-15-8-4-7-13(11-15)9-10-16(18)19-12-14-5-2-1-3-6-14/h1-11H,12,17H2/b10-9+. The number of nitrogen functional groups attached to an aromatic ring is 1. The van der Waals surface area contributed by atoms with Gasteiger partial charge in [0.05, 0.1) is 0 Å². The second-order valence-corrected chi connectivity index (χ2v) is 4.10. The van der Waals surface area contributed by atoms with E-state index in [0.717, 1.165) is 11.1 Å². The van der Waals surface area contributed by atoms with Crippen molar-refractivity contribution in [1.82, 2.24) is 0 Å². The smallest absolute Gasteiger partial charge is 0.331 e. The Kier molecular flexibility index (Phi) is 4.34. The van der Waals surface area contributed by atoms with Crippen LogP contribution in [0.5, 0.6) is 0 Å². The number of hydrogen-bond acceptors (Lipinski definition) is 3. The van der Waals surface area contributed by atoms with E-state index in [1.807, 2.05) is 42.5 Å². The molecule has 0 aliphatic heterocycles. The molecule has 0 heterocycles. The zero-order valence-corrected chi connectivity index (χ0v) is 10.5. The van der Waals surface area contributed by atoms with Gasteiger partial charge in [0.2, 0.25) is 0 Å². The van der Waals surface area contributed by atoms with Crippen LogP contribution in [0.3, 0.4) is 0 Å². The molecular formula is C16H15NO2. The maximum Gasteiger partial charge on any atom is 0.331 e. The van der Waals surface area contributed by atoms with E-state index in [4.69, 9.17) is 10.5 Å². The number of rotatable bonds is 4. The summed E-state index contributed by atoms with van der Waals surface area (Å²) in [7, 11) is 0. The molecule has 0 aliphatic rings. The van der Waals surface area contributed by atoms with Crippen LogP contribution in [0.1, 0.15) is 11.1 Å². The zero-order valence-electron chi connectivity index (χ0n) is 10.5. The Balaban J connectivity index is 1.88. The van der Waals surface area contributed by atoms with Gasteiger partial charge in [-0.2, -0.15) is 0 Å². The Labute approximate surface area is 112 Å². The minimum atomic E-state index is -0.369. The highest BCUT2D eigenvalue weighted by molar-refractivity contribution is 5.87. The van der Waals surface area contributed by atoms with Crippen LogP contribution in [0.25, 0.3) is 6.08 Å². The third-order valence-corrected chi connectivity index (χ3v) is 2.55. The number of carbonyl (C=O) groups excluding carboxylic acids is 1. The van der Waals surface area contributed by atoms with Crippen LogP contribution in [-0.4, -0.2) is 5.97 Å². The lowest BCUT2D eigenvalue weighted by Gasteiger charge is -2.01. The van der Waals surface area contributed by atoms with Gasteiger partial charge >= 0.3 is 5.97 Å². The van der Waals surface area contributed by atoms with Gasteiger partial charge in [-0.3, -0.25) is 0 Å². The molecule has 0 unspecified atom stereocenters. The Hall–Kier alpha value is -2.55. The first-order valence-electron chi connectivity index (χ1n) is 5.98. The monoisotopic (exact) mass is 253 g/mol. The third-order valence-electron chi connectivity index (χ3n) is 2.55. The summed E-state index contributed by atoms with van der Waals surface area (Å²) in [4.78, 5) is 11.5. The van der Waals surface area contributed by atoms with Crippen molar-refractivity contribution in [2.75, 3.05) is 5.73 Å². The molecule has 0 bridgehead atoms. The lowest BCUT2D eigenvalue weighted by atomic mass is 10.2. The van der Waals surface area contributed by atoms with E-state index in [2.05, 4.69) is 0 Å². The van der Waals surface area contributed by atoms with E-state index in [0.29, 0.717) is 5.69 Å². The van der Waals surface area contributed by atoms with Crippen LogP contribution >= 0.6 is 0 Å². The van der Waals surface area contributed by atoms with Gasteiger partial charge in [0.15, 0.2) is 0 Å². The molecule has 0 atom stereocenters. The summed E-state index contributed by atoms with van der Waals surface area (Å²) in [6, 6.07) is 16.9. The zero-order chi connectivity index (χ0) is 13.5. The van der Waals surface area contributed by atoms with Crippen molar-refractivity contribution >= 4 is 17.7 Å². The molecule has 3 heteroatoms. The molecule has 2 N–H and O–H groups in total. The van der Waals surface area contributed by atoms with E-state index < -0.39 is 0 Å². The quantitative estimate of drug-likeness (QED) is 0.517. The Morgan fingerprint density at radius 1 is 1.11 bits per heavy atom. The van der Waals surface area contributed by atoms with Crippen LogP contribution in [0.4, 0.5) is 5.69 Å². The molecule has 19 heavy (non-hydrogen) atoms. The van der Waals surface area contributed by atoms with Gasteiger partial charge in [0.25, 0.3) is 0 Å². The van der Waals surface area contributed by atoms with Gasteiger partial charge < -0.3 is 10.5 Å². The number of ether oxygens (including phenoxy) is 1. The summed E-state index contributed by atoms with van der Waals surface area (Å²) in [6.45, 7) is 0.279. The number of esters is 1. The fraction of sp³-hybridized carbons (Fsp3) is 0.0625. The van der Waals surface area contributed by atoms with Crippen molar-refractivity contribution in [3.63, 3.8) is 0 Å². The van der Waals surface area contributed by atoms with E-state index in [9.17, 15) is 4.79 Å². The molecule has 0 saturated carbocycles. The highest BCUT2D eigenvalue weighted by Crippen LogP contribution is 2.08. The van der Waals surface area contributed by atoms with Crippen LogP contribution in [-0.2, 0) is 16.1 Å². The summed E-state index contributed by atoms with van der Waals surface area (Å²) >= 11 is 0. The van der Waals surface area contributed by atoms with Crippen molar-refractivity contribution in [3.05, 3.63) is 71.8 Å². The molecule has 0 saturated heterocycles. The van der Waals surface area contributed by atoms with Crippen molar-refractivity contribution in [2.24, 2.45) is 0 Å². The summed E-state index contributed by atoms with van der Waals surface area (Å²) < 4.78 is 5.12. The average Bonchev–Trinajstić information content (AvgIpc) is 2.44. The Morgan fingerprint density at radius 3 is 2.63 bits per heavy atom. The predicted octanol–water partition coefficient (Wildman–Crippen LogP) is 3.03. The van der Waals surface area contributed by atoms with Crippen molar-refractivity contribution in [3.8, 4) is 0 Å². The Morgan fingerprint density at radius 2 is 1.89 bits per heavy atom. The number of hydrogen-bond donors (Lipinski definition) is 1. The first kappa shape index (κ1) is 12.9. The van der Waals surface area contributed by atoms with Gasteiger partial charge in [0, 0.05) is 11.8 Å². The highest BCUT2D eigenvalue weighted by Gasteiger charge is 1.98. The van der Waals surface area contributed by atoms with Gasteiger partial charge in [-0.05, 0) is 29.3 Å². The van der Waals surface area contributed by atoms with Gasteiger partial charge in [0.1, 0.15) is 6.61 Å². The van der Waals surface area contributed by atoms with Crippen LogP contribution in [0.2, 0.25) is 0 Å². The lowest BCUT2D eigenvalue weighted by Crippen LogP contribution is -2.00. The molecule has 0 amide bonds. The van der Waals surface area contributed by atoms with E-state index >= 15 is 0 Å². The molecular weight excluding hydrogens is 238 g/mol. The maximum absolute atomic E-state index is 11.5. The largest absolute Gasteiger partial charge is 0.458 e. The summed E-state index contributed by atoms with van der Waals surface area (Å²) in [5.41, 5.74) is 8.15. The fourth-order valence-electron chi connectivity index (χ4n) is 1.60. The molecule has 3 nitrogen and oxygen atoms in total. The fourth-order valence-corrected chi connectivity index (χ4v) is 1.60. The molecule has 2 aromatic carbocycles. The molecule has 0 aromatic heterocycles. The number of benzene rings is 2. The van der Waals surface area contributed by atoms with Crippen molar-refractivity contribution < 1.29 is 9.53 Å². The van der Waals surface area contributed by atoms with Crippen LogP contribution < -0.4 is 5.73 Å². The van der Waals surface area contributed by atoms with Crippen molar-refractivity contribution in [1.29, 1.82) is 0 Å². The number of anilines is 1. The average molecular weight is 253 g/mol. The molecule has 0 fully saturated rings. The van der Waals surface area contributed by atoms with Crippen LogP contribution in [0.15, 0.2) is 60.7 Å².